The third kappa shape index (κ3) is 4.50. The molecule has 31 heavy (non-hydrogen) atoms. The zero-order chi connectivity index (χ0) is 22.2. The molecule has 0 fully saturated rings. The van der Waals surface area contributed by atoms with Gasteiger partial charge in [0, 0.05) is 21.7 Å². The maximum Gasteiger partial charge on any atom is 0.417 e. The van der Waals surface area contributed by atoms with Gasteiger partial charge in [0.1, 0.15) is 0 Å². The van der Waals surface area contributed by atoms with Crippen LogP contribution in [0.25, 0.3) is 22.2 Å². The largest absolute Gasteiger partial charge is 0.417 e. The molecular weight excluding hydrogens is 448 g/mol. The Bertz CT molecular complexity index is 1290. The number of fused-ring (bicyclic) bond motifs is 1. The van der Waals surface area contributed by atoms with Crippen LogP contribution in [-0.4, -0.2) is 10.9 Å². The third-order valence-corrected chi connectivity index (χ3v) is 5.21. The zero-order valence-corrected chi connectivity index (χ0v) is 17.2. The Morgan fingerprint density at radius 2 is 1.61 bits per heavy atom. The molecule has 4 rings (SSSR count). The first kappa shape index (κ1) is 21.2. The van der Waals surface area contributed by atoms with Crippen molar-refractivity contribution in [3.8, 4) is 11.3 Å². The summed E-state index contributed by atoms with van der Waals surface area (Å²) < 4.78 is 39.5. The lowest BCUT2D eigenvalue weighted by Crippen LogP contribution is -2.14. The molecule has 0 spiro atoms. The maximum atomic E-state index is 13.2. The fourth-order valence-corrected chi connectivity index (χ4v) is 3.50. The second-order valence-electron chi connectivity index (χ2n) is 6.73. The highest BCUT2D eigenvalue weighted by Crippen LogP contribution is 2.36. The lowest BCUT2D eigenvalue weighted by atomic mass is 10.0. The highest BCUT2D eigenvalue weighted by Gasteiger charge is 2.33. The van der Waals surface area contributed by atoms with Crippen LogP contribution in [0.2, 0.25) is 10.0 Å². The van der Waals surface area contributed by atoms with Gasteiger partial charge in [-0.05, 0) is 42.5 Å². The number of halogens is 5. The molecule has 0 aliphatic heterocycles. The van der Waals surface area contributed by atoms with E-state index in [2.05, 4.69) is 10.3 Å². The van der Waals surface area contributed by atoms with Gasteiger partial charge in [-0.3, -0.25) is 4.79 Å². The van der Waals surface area contributed by atoms with Gasteiger partial charge in [0.25, 0.3) is 5.91 Å². The van der Waals surface area contributed by atoms with E-state index in [1.165, 1.54) is 6.07 Å². The molecule has 0 atom stereocenters. The highest BCUT2D eigenvalue weighted by molar-refractivity contribution is 6.31. The van der Waals surface area contributed by atoms with E-state index in [1.807, 2.05) is 0 Å². The number of para-hydroxylation sites is 1. The Balaban J connectivity index is 1.77. The molecule has 0 aliphatic rings. The molecule has 0 saturated carbocycles. The normalized spacial score (nSPS) is 11.5. The first-order valence-electron chi connectivity index (χ1n) is 9.06. The number of alkyl halides is 3. The van der Waals surface area contributed by atoms with Crippen LogP contribution < -0.4 is 5.32 Å². The van der Waals surface area contributed by atoms with Crippen LogP contribution in [0.3, 0.4) is 0 Å². The van der Waals surface area contributed by atoms with E-state index in [9.17, 15) is 18.0 Å². The number of anilines is 1. The van der Waals surface area contributed by atoms with Gasteiger partial charge in [-0.1, -0.05) is 53.5 Å². The van der Waals surface area contributed by atoms with Crippen molar-refractivity contribution in [3.63, 3.8) is 0 Å². The molecule has 4 aromatic rings. The van der Waals surface area contributed by atoms with Crippen LogP contribution >= 0.6 is 23.2 Å². The smallest absolute Gasteiger partial charge is 0.322 e. The maximum absolute atomic E-state index is 13.2. The summed E-state index contributed by atoms with van der Waals surface area (Å²) in [6.07, 6.45) is -4.64. The Morgan fingerprint density at radius 3 is 2.32 bits per heavy atom. The van der Waals surface area contributed by atoms with Gasteiger partial charge >= 0.3 is 6.18 Å². The van der Waals surface area contributed by atoms with Crippen molar-refractivity contribution in [2.24, 2.45) is 0 Å². The summed E-state index contributed by atoms with van der Waals surface area (Å²) in [5.41, 5.74) is 1.10. The molecule has 0 aliphatic carbocycles. The predicted molar refractivity (Wildman–Crippen MR) is 117 cm³/mol. The van der Waals surface area contributed by atoms with Gasteiger partial charge in [0.05, 0.1) is 27.4 Å². The van der Waals surface area contributed by atoms with Gasteiger partial charge in [-0.25, -0.2) is 4.98 Å². The molecule has 1 aromatic heterocycles. The number of nitrogens with zero attached hydrogens (tertiary/aromatic N) is 1. The second kappa shape index (κ2) is 8.21. The third-order valence-electron chi connectivity index (χ3n) is 4.63. The number of rotatable bonds is 3. The van der Waals surface area contributed by atoms with Gasteiger partial charge in [0.15, 0.2) is 0 Å². The number of pyridine rings is 1. The Kier molecular flexibility index (Phi) is 5.60. The number of benzene rings is 3. The van der Waals surface area contributed by atoms with E-state index >= 15 is 0 Å². The summed E-state index contributed by atoms with van der Waals surface area (Å²) in [6.45, 7) is 0. The minimum absolute atomic E-state index is 0.0179. The molecule has 8 heteroatoms. The van der Waals surface area contributed by atoms with Crippen LogP contribution in [0.1, 0.15) is 15.9 Å². The predicted octanol–water partition coefficient (Wildman–Crippen LogP) is 7.48. The van der Waals surface area contributed by atoms with Crippen molar-refractivity contribution in [2.75, 3.05) is 5.32 Å². The van der Waals surface area contributed by atoms with Crippen LogP contribution in [0.15, 0.2) is 72.8 Å². The Hall–Kier alpha value is -3.09. The number of nitrogens with one attached hydrogen (secondary N) is 1. The summed E-state index contributed by atoms with van der Waals surface area (Å²) in [7, 11) is 0. The van der Waals surface area contributed by atoms with Crippen molar-refractivity contribution >= 4 is 45.7 Å². The van der Waals surface area contributed by atoms with Crippen molar-refractivity contribution in [3.05, 3.63) is 94.0 Å². The van der Waals surface area contributed by atoms with E-state index < -0.39 is 22.7 Å². The number of carbonyl (C=O) groups excluding carboxylic acids is 1. The lowest BCUT2D eigenvalue weighted by molar-refractivity contribution is -0.137. The number of carbonyl (C=O) groups is 1. The molecule has 156 valence electrons. The summed E-state index contributed by atoms with van der Waals surface area (Å²) in [6, 6.07) is 18.8. The van der Waals surface area contributed by atoms with Crippen molar-refractivity contribution in [1.82, 2.24) is 4.98 Å². The SMILES string of the molecule is O=C(Nc1ccc(Cl)c(C(F)(F)F)c1)c1cc(-c2ccc(Cl)cc2)nc2ccccc12. The lowest BCUT2D eigenvalue weighted by Gasteiger charge is -2.13. The van der Waals surface area contributed by atoms with Gasteiger partial charge in [0.2, 0.25) is 0 Å². The molecule has 1 amide bonds. The molecule has 1 N–H and O–H groups in total. The summed E-state index contributed by atoms with van der Waals surface area (Å²) in [5.74, 6) is -0.565. The molecular formula is C23H13Cl2F3N2O. The topological polar surface area (TPSA) is 42.0 Å². The quantitative estimate of drug-likeness (QED) is 0.344. The van der Waals surface area contributed by atoms with E-state index in [0.29, 0.717) is 21.6 Å². The number of hydrogen-bond acceptors (Lipinski definition) is 2. The molecule has 1 heterocycles. The fourth-order valence-electron chi connectivity index (χ4n) is 3.15. The summed E-state index contributed by atoms with van der Waals surface area (Å²) in [4.78, 5) is 17.6. The molecule has 0 saturated heterocycles. The van der Waals surface area contributed by atoms with E-state index in [1.54, 1.807) is 54.6 Å². The average molecular weight is 461 g/mol. The zero-order valence-electron chi connectivity index (χ0n) is 15.7. The van der Waals surface area contributed by atoms with E-state index in [0.717, 1.165) is 17.7 Å². The molecule has 0 unspecified atom stereocenters. The Morgan fingerprint density at radius 1 is 0.903 bits per heavy atom. The minimum Gasteiger partial charge on any atom is -0.322 e. The standard InChI is InChI=1S/C23H13Cl2F3N2O/c24-14-7-5-13(6-8-14)21-12-17(16-3-1-2-4-20(16)30-21)22(31)29-15-9-10-19(25)18(11-15)23(26,27)28/h1-12H,(H,29,31). The van der Waals surface area contributed by atoms with E-state index in [-0.39, 0.29) is 11.3 Å². The molecule has 3 aromatic carbocycles. The fraction of sp³-hybridized carbons (Fsp3) is 0.0435. The number of aromatic nitrogens is 1. The first-order chi connectivity index (χ1) is 14.7. The number of amides is 1. The van der Waals surface area contributed by atoms with Crippen LogP contribution in [0.5, 0.6) is 0 Å². The number of hydrogen-bond donors (Lipinski definition) is 1. The van der Waals surface area contributed by atoms with Crippen molar-refractivity contribution in [1.29, 1.82) is 0 Å². The van der Waals surface area contributed by atoms with E-state index in [4.69, 9.17) is 23.2 Å². The van der Waals surface area contributed by atoms with Crippen LogP contribution in [0, 0.1) is 0 Å². The second-order valence-corrected chi connectivity index (χ2v) is 7.57. The highest BCUT2D eigenvalue weighted by atomic mass is 35.5. The van der Waals surface area contributed by atoms with Gasteiger partial charge < -0.3 is 5.32 Å². The Labute approximate surface area is 185 Å². The van der Waals surface area contributed by atoms with Crippen molar-refractivity contribution in [2.45, 2.75) is 6.18 Å². The summed E-state index contributed by atoms with van der Waals surface area (Å²) in [5, 5.41) is 3.22. The summed E-state index contributed by atoms with van der Waals surface area (Å²) >= 11 is 11.6. The molecule has 0 bridgehead atoms. The first-order valence-corrected chi connectivity index (χ1v) is 9.82. The monoisotopic (exact) mass is 460 g/mol. The van der Waals surface area contributed by atoms with Crippen molar-refractivity contribution < 1.29 is 18.0 Å². The van der Waals surface area contributed by atoms with Gasteiger partial charge in [-0.2, -0.15) is 13.2 Å². The average Bonchev–Trinajstić information content (AvgIpc) is 2.74. The minimum atomic E-state index is -4.64. The molecule has 0 radical (unpaired) electrons. The molecule has 3 nitrogen and oxygen atoms in total. The van der Waals surface area contributed by atoms with Crippen LogP contribution in [0.4, 0.5) is 18.9 Å². The van der Waals surface area contributed by atoms with Crippen LogP contribution in [-0.2, 0) is 6.18 Å². The van der Waals surface area contributed by atoms with Gasteiger partial charge in [-0.15, -0.1) is 0 Å².